The fourth-order valence-corrected chi connectivity index (χ4v) is 2.92. The number of nitro benzene ring substituents is 1. The molecule has 0 aliphatic carbocycles. The van der Waals surface area contributed by atoms with E-state index in [0.717, 1.165) is 25.1 Å². The smallest absolute Gasteiger partial charge is 0.269 e. The van der Waals surface area contributed by atoms with Gasteiger partial charge in [0.25, 0.3) is 17.5 Å². The summed E-state index contributed by atoms with van der Waals surface area (Å²) in [6, 6.07) is 13.1. The predicted molar refractivity (Wildman–Crippen MR) is 95.7 cm³/mol. The van der Waals surface area contributed by atoms with E-state index in [-0.39, 0.29) is 23.7 Å². The van der Waals surface area contributed by atoms with Crippen LogP contribution in [0.5, 0.6) is 0 Å². The van der Waals surface area contributed by atoms with Crippen molar-refractivity contribution in [2.24, 2.45) is 0 Å². The van der Waals surface area contributed by atoms with E-state index in [0.29, 0.717) is 0 Å². The molecule has 0 radical (unpaired) electrons. The van der Waals surface area contributed by atoms with E-state index < -0.39 is 10.8 Å². The maximum Gasteiger partial charge on any atom is 0.269 e. The van der Waals surface area contributed by atoms with Crippen molar-refractivity contribution in [2.45, 2.75) is 12.8 Å². The molecule has 8 nitrogen and oxygen atoms in total. The van der Waals surface area contributed by atoms with Crippen LogP contribution in [0.4, 0.5) is 11.4 Å². The fraction of sp³-hybridized carbons (Fsp3) is 0.222. The van der Waals surface area contributed by atoms with Crippen molar-refractivity contribution in [3.05, 3.63) is 69.8 Å². The number of rotatable bonds is 4. The van der Waals surface area contributed by atoms with Gasteiger partial charge in [-0.05, 0) is 36.6 Å². The summed E-state index contributed by atoms with van der Waals surface area (Å²) in [6.45, 7) is 0.915. The number of aryl methyl sites for hydroxylation is 1. The Hall–Kier alpha value is -3.42. The molecule has 2 aromatic rings. The molecule has 0 fully saturated rings. The highest BCUT2D eigenvalue weighted by atomic mass is 16.6. The van der Waals surface area contributed by atoms with Crippen LogP contribution >= 0.6 is 0 Å². The molecular formula is C18H18N4O4. The van der Waals surface area contributed by atoms with Gasteiger partial charge in [0.1, 0.15) is 0 Å². The molecule has 134 valence electrons. The minimum atomic E-state index is -0.542. The molecule has 0 spiro atoms. The third-order valence-electron chi connectivity index (χ3n) is 4.20. The van der Waals surface area contributed by atoms with Gasteiger partial charge in [-0.3, -0.25) is 30.6 Å². The largest absolute Gasteiger partial charge is 0.362 e. The van der Waals surface area contributed by atoms with Gasteiger partial charge in [-0.25, -0.2) is 0 Å². The average molecular weight is 354 g/mol. The summed E-state index contributed by atoms with van der Waals surface area (Å²) in [6.07, 6.45) is 1.96. The first-order valence-corrected chi connectivity index (χ1v) is 8.21. The van der Waals surface area contributed by atoms with E-state index >= 15 is 0 Å². The summed E-state index contributed by atoms with van der Waals surface area (Å²) in [5.74, 6) is -0.871. The Kier molecular flexibility index (Phi) is 5.12. The number of hydrazine groups is 1. The van der Waals surface area contributed by atoms with Crippen LogP contribution in [0.15, 0.2) is 48.5 Å². The Morgan fingerprint density at radius 3 is 2.54 bits per heavy atom. The fourth-order valence-electron chi connectivity index (χ4n) is 2.92. The molecule has 1 heterocycles. The number of carbonyl (C=O) groups is 2. The lowest BCUT2D eigenvalue weighted by molar-refractivity contribution is -0.384. The number of nitrogens with one attached hydrogen (secondary N) is 2. The SMILES string of the molecule is O=C(CN1CCCc2ccccc21)NNC(=O)c1ccc([N+](=O)[O-])cc1. The van der Waals surface area contributed by atoms with E-state index in [1.807, 2.05) is 23.1 Å². The van der Waals surface area contributed by atoms with Gasteiger partial charge in [0.05, 0.1) is 11.5 Å². The number of carbonyl (C=O) groups excluding carboxylic acids is 2. The number of amides is 2. The second-order valence-electron chi connectivity index (χ2n) is 5.96. The van der Waals surface area contributed by atoms with Crippen molar-refractivity contribution in [1.82, 2.24) is 10.9 Å². The monoisotopic (exact) mass is 354 g/mol. The van der Waals surface area contributed by atoms with Crippen LogP contribution in [-0.2, 0) is 11.2 Å². The minimum Gasteiger partial charge on any atom is -0.362 e. The number of nitrogens with zero attached hydrogens (tertiary/aromatic N) is 2. The molecule has 2 N–H and O–H groups in total. The Bertz CT molecular complexity index is 835. The third-order valence-corrected chi connectivity index (χ3v) is 4.20. The predicted octanol–water partition coefficient (Wildman–Crippen LogP) is 1.81. The van der Waals surface area contributed by atoms with Crippen LogP contribution in [0.3, 0.4) is 0 Å². The lowest BCUT2D eigenvalue weighted by atomic mass is 10.0. The molecule has 0 bridgehead atoms. The molecule has 1 aliphatic heterocycles. The van der Waals surface area contributed by atoms with Crippen molar-refractivity contribution >= 4 is 23.2 Å². The molecule has 8 heteroatoms. The second-order valence-corrected chi connectivity index (χ2v) is 5.96. The van der Waals surface area contributed by atoms with Crippen molar-refractivity contribution in [2.75, 3.05) is 18.0 Å². The number of non-ortho nitro benzene ring substituents is 1. The Morgan fingerprint density at radius 2 is 1.81 bits per heavy atom. The van der Waals surface area contributed by atoms with Gasteiger partial charge in [0, 0.05) is 29.9 Å². The maximum absolute atomic E-state index is 12.1. The summed E-state index contributed by atoms with van der Waals surface area (Å²) < 4.78 is 0. The highest BCUT2D eigenvalue weighted by Crippen LogP contribution is 2.26. The summed E-state index contributed by atoms with van der Waals surface area (Å²) in [7, 11) is 0. The van der Waals surface area contributed by atoms with Crippen LogP contribution in [0, 0.1) is 10.1 Å². The number of fused-ring (bicyclic) bond motifs is 1. The van der Waals surface area contributed by atoms with Gasteiger partial charge in [0.15, 0.2) is 0 Å². The Balaban J connectivity index is 1.54. The Labute approximate surface area is 149 Å². The second kappa shape index (κ2) is 7.64. The molecule has 2 amide bonds. The van der Waals surface area contributed by atoms with E-state index in [9.17, 15) is 19.7 Å². The number of nitro groups is 1. The molecule has 1 aliphatic rings. The van der Waals surface area contributed by atoms with Gasteiger partial charge < -0.3 is 4.90 Å². The molecule has 0 unspecified atom stereocenters. The normalized spacial score (nSPS) is 12.8. The third kappa shape index (κ3) is 3.97. The summed E-state index contributed by atoms with van der Waals surface area (Å²) >= 11 is 0. The van der Waals surface area contributed by atoms with Gasteiger partial charge >= 0.3 is 0 Å². The first-order valence-electron chi connectivity index (χ1n) is 8.21. The van der Waals surface area contributed by atoms with Gasteiger partial charge in [0.2, 0.25) is 0 Å². The summed E-state index contributed by atoms with van der Waals surface area (Å²) in [4.78, 5) is 36.2. The van der Waals surface area contributed by atoms with Crippen LogP contribution in [0.1, 0.15) is 22.3 Å². The van der Waals surface area contributed by atoms with E-state index in [1.54, 1.807) is 0 Å². The lowest BCUT2D eigenvalue weighted by Crippen LogP contribution is -2.47. The zero-order valence-electron chi connectivity index (χ0n) is 14.0. The average Bonchev–Trinajstić information content (AvgIpc) is 2.66. The highest BCUT2D eigenvalue weighted by Gasteiger charge is 2.19. The summed E-state index contributed by atoms with van der Waals surface area (Å²) in [5, 5.41) is 10.6. The van der Waals surface area contributed by atoms with Crippen molar-refractivity contribution < 1.29 is 14.5 Å². The quantitative estimate of drug-likeness (QED) is 0.644. The highest BCUT2D eigenvalue weighted by molar-refractivity contribution is 5.96. The Morgan fingerprint density at radius 1 is 1.08 bits per heavy atom. The molecule has 0 saturated carbocycles. The standard InChI is InChI=1S/C18H18N4O4/c23-17(12-21-11-3-5-13-4-1-2-6-16(13)21)19-20-18(24)14-7-9-15(10-8-14)22(25)26/h1-2,4,6-10H,3,5,11-12H2,(H,19,23)(H,20,24). The lowest BCUT2D eigenvalue weighted by Gasteiger charge is -2.30. The van der Waals surface area contributed by atoms with Gasteiger partial charge in [-0.15, -0.1) is 0 Å². The van der Waals surface area contributed by atoms with E-state index in [4.69, 9.17) is 0 Å². The topological polar surface area (TPSA) is 105 Å². The van der Waals surface area contributed by atoms with E-state index in [2.05, 4.69) is 16.9 Å². The number of hydrogen-bond donors (Lipinski definition) is 2. The van der Waals surface area contributed by atoms with Crippen molar-refractivity contribution in [3.8, 4) is 0 Å². The molecule has 26 heavy (non-hydrogen) atoms. The van der Waals surface area contributed by atoms with E-state index in [1.165, 1.54) is 29.8 Å². The van der Waals surface area contributed by atoms with Crippen LogP contribution in [-0.4, -0.2) is 29.8 Å². The first kappa shape index (κ1) is 17.4. The van der Waals surface area contributed by atoms with Crippen molar-refractivity contribution in [3.63, 3.8) is 0 Å². The minimum absolute atomic E-state index is 0.102. The van der Waals surface area contributed by atoms with Crippen LogP contribution < -0.4 is 15.8 Å². The number of hydrogen-bond acceptors (Lipinski definition) is 5. The van der Waals surface area contributed by atoms with Crippen LogP contribution in [0.2, 0.25) is 0 Å². The van der Waals surface area contributed by atoms with Crippen molar-refractivity contribution in [1.29, 1.82) is 0 Å². The van der Waals surface area contributed by atoms with Crippen LogP contribution in [0.25, 0.3) is 0 Å². The number of anilines is 1. The van der Waals surface area contributed by atoms with Gasteiger partial charge in [-0.1, -0.05) is 18.2 Å². The molecule has 3 rings (SSSR count). The number of para-hydroxylation sites is 1. The molecule has 0 aromatic heterocycles. The molecular weight excluding hydrogens is 336 g/mol. The van der Waals surface area contributed by atoms with Gasteiger partial charge in [-0.2, -0.15) is 0 Å². The molecule has 0 atom stereocenters. The zero-order valence-corrected chi connectivity index (χ0v) is 14.0. The molecule has 0 saturated heterocycles. The summed E-state index contributed by atoms with van der Waals surface area (Å²) in [5.41, 5.74) is 7.07. The molecule has 2 aromatic carbocycles. The first-order chi connectivity index (χ1) is 12.5. The maximum atomic E-state index is 12.1. The number of benzene rings is 2. The zero-order chi connectivity index (χ0) is 18.5.